The van der Waals surface area contributed by atoms with E-state index in [-0.39, 0.29) is 18.1 Å². The first-order valence-corrected chi connectivity index (χ1v) is 8.24. The monoisotopic (exact) mass is 398 g/mol. The van der Waals surface area contributed by atoms with Crippen LogP contribution >= 0.6 is 15.9 Å². The predicted molar refractivity (Wildman–Crippen MR) is 91.3 cm³/mol. The molecular formula is C16H19BrN2O5. The number of halogens is 1. The topological polar surface area (TPSA) is 96.8 Å². The minimum absolute atomic E-state index is 0.0377. The van der Waals surface area contributed by atoms with Gasteiger partial charge >= 0.3 is 5.97 Å². The van der Waals surface area contributed by atoms with Crippen molar-refractivity contribution in [1.29, 1.82) is 0 Å². The summed E-state index contributed by atoms with van der Waals surface area (Å²) in [6.45, 7) is 6.45. The average molecular weight is 399 g/mol. The van der Waals surface area contributed by atoms with Crippen molar-refractivity contribution in [2.45, 2.75) is 27.4 Å². The van der Waals surface area contributed by atoms with Gasteiger partial charge in [-0.2, -0.15) is 0 Å². The molecule has 0 saturated heterocycles. The van der Waals surface area contributed by atoms with Gasteiger partial charge in [-0.25, -0.2) is 4.79 Å². The molecule has 0 fully saturated rings. The summed E-state index contributed by atoms with van der Waals surface area (Å²) in [7, 11) is 0. The molecule has 1 heterocycles. The van der Waals surface area contributed by atoms with E-state index in [0.29, 0.717) is 30.4 Å². The Morgan fingerprint density at radius 2 is 1.88 bits per heavy atom. The first-order valence-electron chi connectivity index (χ1n) is 7.44. The van der Waals surface area contributed by atoms with Crippen molar-refractivity contribution < 1.29 is 23.5 Å². The van der Waals surface area contributed by atoms with Crippen molar-refractivity contribution >= 4 is 27.8 Å². The molecule has 0 aliphatic heterocycles. The SMILES string of the molecule is CCOc1cc(Br)c(COC(=O)c2c(C)noc2N)cc1OCC. The fourth-order valence-corrected chi connectivity index (χ4v) is 2.51. The highest BCUT2D eigenvalue weighted by Gasteiger charge is 2.20. The summed E-state index contributed by atoms with van der Waals surface area (Å²) in [6.07, 6.45) is 0. The highest BCUT2D eigenvalue weighted by molar-refractivity contribution is 9.10. The Morgan fingerprint density at radius 3 is 2.42 bits per heavy atom. The zero-order chi connectivity index (χ0) is 17.7. The van der Waals surface area contributed by atoms with Crippen LogP contribution in [0.1, 0.15) is 35.5 Å². The lowest BCUT2D eigenvalue weighted by molar-refractivity contribution is 0.0471. The van der Waals surface area contributed by atoms with Crippen molar-refractivity contribution in [2.24, 2.45) is 0 Å². The summed E-state index contributed by atoms with van der Waals surface area (Å²) in [5.41, 5.74) is 6.85. The maximum atomic E-state index is 12.1. The lowest BCUT2D eigenvalue weighted by Crippen LogP contribution is -2.09. The number of esters is 1. The minimum atomic E-state index is -0.593. The van der Waals surface area contributed by atoms with Crippen LogP contribution < -0.4 is 15.2 Å². The summed E-state index contributed by atoms with van der Waals surface area (Å²) in [5.74, 6) is 0.568. The lowest BCUT2D eigenvalue weighted by Gasteiger charge is -2.14. The number of benzene rings is 1. The second kappa shape index (κ2) is 8.05. The Balaban J connectivity index is 2.17. The van der Waals surface area contributed by atoms with E-state index in [9.17, 15) is 4.79 Å². The maximum Gasteiger partial charge on any atom is 0.346 e. The molecule has 0 radical (unpaired) electrons. The Kier molecular flexibility index (Phi) is 6.08. The molecule has 0 aliphatic rings. The van der Waals surface area contributed by atoms with Gasteiger partial charge in [0.25, 0.3) is 0 Å². The summed E-state index contributed by atoms with van der Waals surface area (Å²) >= 11 is 3.45. The zero-order valence-electron chi connectivity index (χ0n) is 13.7. The van der Waals surface area contributed by atoms with Gasteiger partial charge in [-0.15, -0.1) is 0 Å². The molecule has 2 N–H and O–H groups in total. The van der Waals surface area contributed by atoms with Crippen LogP contribution in [-0.2, 0) is 11.3 Å². The van der Waals surface area contributed by atoms with Crippen LogP contribution in [0.15, 0.2) is 21.1 Å². The van der Waals surface area contributed by atoms with Crippen LogP contribution in [0.5, 0.6) is 11.5 Å². The van der Waals surface area contributed by atoms with E-state index in [1.807, 2.05) is 13.8 Å². The van der Waals surface area contributed by atoms with Crippen LogP contribution in [0.2, 0.25) is 0 Å². The molecule has 1 aromatic carbocycles. The van der Waals surface area contributed by atoms with E-state index in [1.165, 1.54) is 0 Å². The molecule has 0 saturated carbocycles. The number of nitrogens with zero attached hydrogens (tertiary/aromatic N) is 1. The highest BCUT2D eigenvalue weighted by Crippen LogP contribution is 2.34. The summed E-state index contributed by atoms with van der Waals surface area (Å²) in [5, 5.41) is 3.63. The smallest absolute Gasteiger partial charge is 0.346 e. The zero-order valence-corrected chi connectivity index (χ0v) is 15.3. The third-order valence-electron chi connectivity index (χ3n) is 3.16. The number of nitrogens with two attached hydrogens (primary N) is 1. The second-order valence-electron chi connectivity index (χ2n) is 4.84. The lowest BCUT2D eigenvalue weighted by atomic mass is 10.2. The van der Waals surface area contributed by atoms with E-state index in [2.05, 4.69) is 21.1 Å². The molecule has 0 atom stereocenters. The Labute approximate surface area is 148 Å². The van der Waals surface area contributed by atoms with Crippen molar-refractivity contribution in [3.8, 4) is 11.5 Å². The van der Waals surface area contributed by atoms with E-state index in [4.69, 9.17) is 24.5 Å². The first-order chi connectivity index (χ1) is 11.5. The van der Waals surface area contributed by atoms with Crippen LogP contribution in [0.4, 0.5) is 5.88 Å². The fraction of sp³-hybridized carbons (Fsp3) is 0.375. The number of hydrogen-bond donors (Lipinski definition) is 1. The number of anilines is 1. The van der Waals surface area contributed by atoms with E-state index in [0.717, 1.165) is 10.0 Å². The first kappa shape index (κ1) is 18.1. The number of rotatable bonds is 7. The van der Waals surface area contributed by atoms with Gasteiger partial charge in [0.05, 0.1) is 18.9 Å². The second-order valence-corrected chi connectivity index (χ2v) is 5.69. The molecule has 2 aromatic rings. The third kappa shape index (κ3) is 4.00. The maximum absolute atomic E-state index is 12.1. The van der Waals surface area contributed by atoms with Crippen molar-refractivity contribution in [3.63, 3.8) is 0 Å². The van der Waals surface area contributed by atoms with Crippen molar-refractivity contribution in [1.82, 2.24) is 5.16 Å². The Bertz CT molecular complexity index is 710. The summed E-state index contributed by atoms with van der Waals surface area (Å²) in [4.78, 5) is 12.1. The molecule has 8 heteroatoms. The van der Waals surface area contributed by atoms with Crippen LogP contribution in [0.25, 0.3) is 0 Å². The van der Waals surface area contributed by atoms with Gasteiger partial charge in [0.15, 0.2) is 11.5 Å². The van der Waals surface area contributed by atoms with Gasteiger partial charge in [0.1, 0.15) is 12.2 Å². The van der Waals surface area contributed by atoms with Crippen LogP contribution in [0.3, 0.4) is 0 Å². The normalized spacial score (nSPS) is 10.5. The molecule has 0 spiro atoms. The van der Waals surface area contributed by atoms with Gasteiger partial charge in [-0.1, -0.05) is 21.1 Å². The molecule has 7 nitrogen and oxygen atoms in total. The number of aryl methyl sites for hydroxylation is 1. The van der Waals surface area contributed by atoms with Gasteiger partial charge in [-0.3, -0.25) is 0 Å². The summed E-state index contributed by atoms with van der Waals surface area (Å²) < 4.78 is 21.9. The number of hydrogen-bond acceptors (Lipinski definition) is 7. The molecule has 0 unspecified atom stereocenters. The van der Waals surface area contributed by atoms with Crippen molar-refractivity contribution in [3.05, 3.63) is 33.4 Å². The standard InChI is InChI=1S/C16H19BrN2O5/c1-4-21-12-6-10(11(17)7-13(12)22-5-2)8-23-16(20)14-9(3)19-24-15(14)18/h6-7H,4-5,8,18H2,1-3H3. The quantitative estimate of drug-likeness (QED) is 0.712. The largest absolute Gasteiger partial charge is 0.490 e. The van der Waals surface area contributed by atoms with Gasteiger partial charge in [0, 0.05) is 10.0 Å². The predicted octanol–water partition coefficient (Wildman–Crippen LogP) is 3.48. The molecule has 130 valence electrons. The molecule has 0 amide bonds. The summed E-state index contributed by atoms with van der Waals surface area (Å²) in [6, 6.07) is 3.56. The highest BCUT2D eigenvalue weighted by atomic mass is 79.9. The van der Waals surface area contributed by atoms with Gasteiger partial charge in [-0.05, 0) is 32.9 Å². The van der Waals surface area contributed by atoms with Gasteiger partial charge in [0.2, 0.25) is 5.88 Å². The van der Waals surface area contributed by atoms with Crippen LogP contribution in [-0.4, -0.2) is 24.3 Å². The molecule has 2 rings (SSSR count). The number of aromatic nitrogens is 1. The number of nitrogen functional groups attached to an aromatic ring is 1. The molecular weight excluding hydrogens is 380 g/mol. The van der Waals surface area contributed by atoms with E-state index >= 15 is 0 Å². The third-order valence-corrected chi connectivity index (χ3v) is 3.90. The molecule has 0 bridgehead atoms. The van der Waals surface area contributed by atoms with E-state index < -0.39 is 5.97 Å². The number of carbonyl (C=O) groups excluding carboxylic acids is 1. The Morgan fingerprint density at radius 1 is 1.25 bits per heavy atom. The minimum Gasteiger partial charge on any atom is -0.490 e. The number of ether oxygens (including phenoxy) is 3. The Hall–Kier alpha value is -2.22. The molecule has 1 aromatic heterocycles. The average Bonchev–Trinajstić information content (AvgIpc) is 2.87. The van der Waals surface area contributed by atoms with Gasteiger partial charge < -0.3 is 24.5 Å². The number of carbonyl (C=O) groups is 1. The van der Waals surface area contributed by atoms with Crippen molar-refractivity contribution in [2.75, 3.05) is 18.9 Å². The fourth-order valence-electron chi connectivity index (χ4n) is 2.08. The molecule has 0 aliphatic carbocycles. The molecule has 24 heavy (non-hydrogen) atoms. The van der Waals surface area contributed by atoms with Crippen LogP contribution in [0, 0.1) is 6.92 Å². The van der Waals surface area contributed by atoms with E-state index in [1.54, 1.807) is 19.1 Å².